The van der Waals surface area contributed by atoms with Gasteiger partial charge in [-0.2, -0.15) is 0 Å². The molecule has 188 valence electrons. The Kier molecular flexibility index (Phi) is 8.35. The number of aryl methyl sites for hydroxylation is 4. The van der Waals surface area contributed by atoms with Gasteiger partial charge in [0.15, 0.2) is 0 Å². The predicted molar refractivity (Wildman–Crippen MR) is 151 cm³/mol. The Morgan fingerprint density at radius 2 is 1.47 bits per heavy atom. The van der Waals surface area contributed by atoms with E-state index in [4.69, 9.17) is 14.5 Å². The van der Waals surface area contributed by atoms with Crippen LogP contribution in [0.4, 0.5) is 0 Å². The largest absolute Gasteiger partial charge is 0.488 e. The van der Waals surface area contributed by atoms with Gasteiger partial charge in [-0.05, 0) is 88.8 Å². The van der Waals surface area contributed by atoms with Gasteiger partial charge in [-0.25, -0.2) is 0 Å². The molecule has 36 heavy (non-hydrogen) atoms. The SMILES string of the molecule is Cc1cc(C)cc(-c2ccc3oc(CCN4CCC[C@H]4C)cc3c2)c1.Cc1cc(C)cc(B(O)O)c1. The first-order chi connectivity index (χ1) is 17.2. The van der Waals surface area contributed by atoms with E-state index >= 15 is 0 Å². The lowest BCUT2D eigenvalue weighted by Gasteiger charge is -2.19. The molecule has 0 amide bonds. The first kappa shape index (κ1) is 26.2. The van der Waals surface area contributed by atoms with E-state index in [1.807, 2.05) is 19.9 Å². The third-order valence-electron chi connectivity index (χ3n) is 7.00. The summed E-state index contributed by atoms with van der Waals surface area (Å²) in [7, 11) is -1.35. The highest BCUT2D eigenvalue weighted by Crippen LogP contribution is 2.28. The zero-order chi connectivity index (χ0) is 25.8. The quantitative estimate of drug-likeness (QED) is 0.356. The van der Waals surface area contributed by atoms with Crippen LogP contribution in [0, 0.1) is 27.7 Å². The van der Waals surface area contributed by atoms with Gasteiger partial charge in [0.05, 0.1) is 0 Å². The summed E-state index contributed by atoms with van der Waals surface area (Å²) in [6, 6.07) is 21.7. The van der Waals surface area contributed by atoms with E-state index in [2.05, 4.69) is 68.1 Å². The number of hydrogen-bond donors (Lipinski definition) is 2. The maximum Gasteiger partial charge on any atom is 0.488 e. The van der Waals surface area contributed by atoms with Crippen LogP contribution in [0.1, 0.15) is 47.8 Å². The van der Waals surface area contributed by atoms with Crippen LogP contribution in [0.2, 0.25) is 0 Å². The van der Waals surface area contributed by atoms with E-state index in [-0.39, 0.29) is 0 Å². The van der Waals surface area contributed by atoms with E-state index in [1.165, 1.54) is 47.0 Å². The highest BCUT2D eigenvalue weighted by molar-refractivity contribution is 6.58. The van der Waals surface area contributed by atoms with E-state index < -0.39 is 7.12 Å². The van der Waals surface area contributed by atoms with Crippen LogP contribution < -0.4 is 5.46 Å². The van der Waals surface area contributed by atoms with E-state index in [1.54, 1.807) is 12.1 Å². The summed E-state index contributed by atoms with van der Waals surface area (Å²) in [5, 5.41) is 18.9. The van der Waals surface area contributed by atoms with Gasteiger partial charge in [0.1, 0.15) is 11.3 Å². The number of furan rings is 1. The van der Waals surface area contributed by atoms with Crippen LogP contribution in [-0.4, -0.2) is 41.2 Å². The van der Waals surface area contributed by atoms with Crippen LogP contribution >= 0.6 is 0 Å². The van der Waals surface area contributed by atoms with Crippen LogP contribution in [-0.2, 0) is 6.42 Å². The van der Waals surface area contributed by atoms with Gasteiger partial charge in [-0.3, -0.25) is 0 Å². The molecule has 0 saturated carbocycles. The molecule has 0 spiro atoms. The zero-order valence-electron chi connectivity index (χ0n) is 22.2. The molecule has 0 unspecified atom stereocenters. The number of likely N-dealkylation sites (tertiary alicyclic amines) is 1. The molecule has 0 radical (unpaired) electrons. The summed E-state index contributed by atoms with van der Waals surface area (Å²) < 4.78 is 6.07. The molecule has 0 bridgehead atoms. The summed E-state index contributed by atoms with van der Waals surface area (Å²) >= 11 is 0. The number of benzene rings is 3. The standard InChI is InChI=1S/C23H27NO.C8H11BO2/c1-16-11-17(2)13-20(12-16)19-6-7-23-21(14-19)15-22(25-23)8-10-24-9-4-5-18(24)3;1-6-3-7(2)5-8(4-6)9(10)11/h6-7,11-15,18H,4-5,8-10H2,1-3H3;3-5,10-11H,1-2H3/t18-;/m1./s1. The molecule has 4 aromatic rings. The molecule has 0 aliphatic carbocycles. The van der Waals surface area contributed by atoms with Gasteiger partial charge >= 0.3 is 7.12 Å². The highest BCUT2D eigenvalue weighted by Gasteiger charge is 2.20. The molecular formula is C31H38BNO3. The Hall–Kier alpha value is -2.86. The summed E-state index contributed by atoms with van der Waals surface area (Å²) in [6.07, 6.45) is 3.66. The molecule has 1 atom stereocenters. The zero-order valence-corrected chi connectivity index (χ0v) is 22.2. The fourth-order valence-corrected chi connectivity index (χ4v) is 5.28. The second kappa shape index (κ2) is 11.5. The topological polar surface area (TPSA) is 56.8 Å². The van der Waals surface area contributed by atoms with Crippen molar-refractivity contribution >= 4 is 23.6 Å². The van der Waals surface area contributed by atoms with Crippen molar-refractivity contribution in [3.05, 3.63) is 88.7 Å². The summed E-state index contributed by atoms with van der Waals surface area (Å²) in [4.78, 5) is 2.58. The third kappa shape index (κ3) is 6.67. The van der Waals surface area contributed by atoms with Crippen LogP contribution in [0.3, 0.4) is 0 Å². The van der Waals surface area contributed by atoms with Gasteiger partial charge in [0, 0.05) is 24.4 Å². The molecule has 2 N–H and O–H groups in total. The molecule has 4 nitrogen and oxygen atoms in total. The van der Waals surface area contributed by atoms with Gasteiger partial charge in [-0.15, -0.1) is 0 Å². The van der Waals surface area contributed by atoms with Crippen LogP contribution in [0.5, 0.6) is 0 Å². The minimum absolute atomic E-state index is 0.558. The lowest BCUT2D eigenvalue weighted by molar-refractivity contribution is 0.266. The van der Waals surface area contributed by atoms with Crippen molar-refractivity contribution in [3.63, 3.8) is 0 Å². The number of hydrogen-bond acceptors (Lipinski definition) is 4. The first-order valence-corrected chi connectivity index (χ1v) is 13.0. The second-order valence-electron chi connectivity index (χ2n) is 10.4. The van der Waals surface area contributed by atoms with E-state index in [9.17, 15) is 0 Å². The van der Waals surface area contributed by atoms with E-state index in [0.29, 0.717) is 5.46 Å². The Labute approximate surface area is 215 Å². The number of rotatable bonds is 5. The fraction of sp³-hybridized carbons (Fsp3) is 0.355. The molecular weight excluding hydrogens is 445 g/mol. The molecule has 1 fully saturated rings. The van der Waals surface area contributed by atoms with Crippen molar-refractivity contribution in [2.24, 2.45) is 0 Å². The van der Waals surface area contributed by atoms with Gasteiger partial charge in [0.2, 0.25) is 0 Å². The van der Waals surface area contributed by atoms with Crippen molar-refractivity contribution in [3.8, 4) is 11.1 Å². The number of fused-ring (bicyclic) bond motifs is 1. The molecule has 1 saturated heterocycles. The summed E-state index contributed by atoms with van der Waals surface area (Å²) in [5.41, 5.74) is 8.82. The summed E-state index contributed by atoms with van der Waals surface area (Å²) in [5.74, 6) is 1.10. The lowest BCUT2D eigenvalue weighted by Crippen LogP contribution is -2.30. The maximum atomic E-state index is 8.83. The molecule has 5 rings (SSSR count). The minimum Gasteiger partial charge on any atom is -0.461 e. The Morgan fingerprint density at radius 3 is 2.06 bits per heavy atom. The molecule has 1 aromatic heterocycles. The predicted octanol–water partition coefficient (Wildman–Crippen LogP) is 5.73. The number of nitrogens with zero attached hydrogens (tertiary/aromatic N) is 1. The van der Waals surface area contributed by atoms with Crippen LogP contribution in [0.25, 0.3) is 22.1 Å². The van der Waals surface area contributed by atoms with Gasteiger partial charge in [-0.1, -0.05) is 64.7 Å². The summed E-state index contributed by atoms with van der Waals surface area (Å²) in [6.45, 7) is 12.8. The van der Waals surface area contributed by atoms with Gasteiger partial charge in [0.25, 0.3) is 0 Å². The average molecular weight is 483 g/mol. The molecule has 2 heterocycles. The maximum absolute atomic E-state index is 8.83. The van der Waals surface area contributed by atoms with Crippen LogP contribution in [0.15, 0.2) is 65.1 Å². The first-order valence-electron chi connectivity index (χ1n) is 13.0. The molecule has 5 heteroatoms. The Morgan fingerprint density at radius 1 is 0.833 bits per heavy atom. The van der Waals surface area contributed by atoms with Gasteiger partial charge < -0.3 is 19.4 Å². The van der Waals surface area contributed by atoms with Crippen molar-refractivity contribution in [2.75, 3.05) is 13.1 Å². The monoisotopic (exact) mass is 483 g/mol. The fourth-order valence-electron chi connectivity index (χ4n) is 5.28. The second-order valence-corrected chi connectivity index (χ2v) is 10.4. The Balaban J connectivity index is 0.000000233. The normalized spacial score (nSPS) is 15.7. The average Bonchev–Trinajstić information content (AvgIpc) is 3.41. The Bertz CT molecular complexity index is 1290. The molecule has 3 aromatic carbocycles. The lowest BCUT2D eigenvalue weighted by atomic mass is 9.79. The minimum atomic E-state index is -1.35. The van der Waals surface area contributed by atoms with Crippen molar-refractivity contribution in [2.45, 2.75) is 59.9 Å². The van der Waals surface area contributed by atoms with Crippen molar-refractivity contribution in [1.82, 2.24) is 4.90 Å². The molecule has 1 aliphatic heterocycles. The van der Waals surface area contributed by atoms with E-state index in [0.717, 1.165) is 41.5 Å². The molecule has 1 aliphatic rings. The smallest absolute Gasteiger partial charge is 0.461 e. The highest BCUT2D eigenvalue weighted by atomic mass is 16.4. The van der Waals surface area contributed by atoms with Crippen molar-refractivity contribution < 1.29 is 14.5 Å². The van der Waals surface area contributed by atoms with Crippen molar-refractivity contribution in [1.29, 1.82) is 0 Å². The third-order valence-corrected chi connectivity index (χ3v) is 7.00.